The third-order valence-electron chi connectivity index (χ3n) is 7.98. The number of likely N-dealkylation sites (tertiary alicyclic amines) is 1. The first-order chi connectivity index (χ1) is 18.2. The molecule has 38 heavy (non-hydrogen) atoms. The predicted molar refractivity (Wildman–Crippen MR) is 142 cm³/mol. The molecule has 1 aliphatic carbocycles. The van der Waals surface area contributed by atoms with E-state index in [0.717, 1.165) is 69.1 Å². The van der Waals surface area contributed by atoms with E-state index in [1.165, 1.54) is 11.6 Å². The van der Waals surface area contributed by atoms with E-state index >= 15 is 0 Å². The second-order valence-electron chi connectivity index (χ2n) is 10.9. The molecule has 1 aliphatic heterocycles. The summed E-state index contributed by atoms with van der Waals surface area (Å²) < 4.78 is 44.6. The van der Waals surface area contributed by atoms with Gasteiger partial charge in [0.25, 0.3) is 0 Å². The molecular formula is C30H40F3N3O2. The number of amides is 1. The zero-order chi connectivity index (χ0) is 27.1. The Morgan fingerprint density at radius 1 is 1.21 bits per heavy atom. The van der Waals surface area contributed by atoms with Gasteiger partial charge in [0.2, 0.25) is 5.91 Å². The van der Waals surface area contributed by atoms with Crippen LogP contribution in [0.25, 0.3) is 0 Å². The highest BCUT2D eigenvalue weighted by Gasteiger charge is 2.34. The maximum Gasteiger partial charge on any atom is 0.417 e. The second-order valence-corrected chi connectivity index (χ2v) is 10.9. The van der Waals surface area contributed by atoms with Crippen LogP contribution in [0.1, 0.15) is 74.3 Å². The number of hydrogen-bond acceptors (Lipinski definition) is 4. The lowest BCUT2D eigenvalue weighted by molar-refractivity contribution is -0.138. The second kappa shape index (κ2) is 13.0. The maximum absolute atomic E-state index is 13.1. The third-order valence-corrected chi connectivity index (χ3v) is 7.98. The minimum atomic E-state index is -4.40. The van der Waals surface area contributed by atoms with Gasteiger partial charge in [-0.15, -0.1) is 0 Å². The molecule has 3 atom stereocenters. The number of benzene rings is 1. The number of hydrogen-bond donors (Lipinski definition) is 1. The van der Waals surface area contributed by atoms with Crippen LogP contribution in [0.4, 0.5) is 13.2 Å². The number of halogens is 3. The fraction of sp³-hybridized carbons (Fsp3) is 0.600. The zero-order valence-corrected chi connectivity index (χ0v) is 22.5. The van der Waals surface area contributed by atoms with Gasteiger partial charge in [0.05, 0.1) is 12.7 Å². The summed E-state index contributed by atoms with van der Waals surface area (Å²) >= 11 is 0. The van der Waals surface area contributed by atoms with Crippen LogP contribution < -0.4 is 10.1 Å². The normalized spacial score (nSPS) is 20.3. The molecule has 1 amide bonds. The van der Waals surface area contributed by atoms with Gasteiger partial charge in [-0.05, 0) is 86.6 Å². The van der Waals surface area contributed by atoms with E-state index in [9.17, 15) is 18.0 Å². The smallest absolute Gasteiger partial charge is 0.417 e. The van der Waals surface area contributed by atoms with Crippen molar-refractivity contribution >= 4 is 5.91 Å². The number of carbonyl (C=O) groups excluding carboxylic acids is 1. The van der Waals surface area contributed by atoms with Gasteiger partial charge in [-0.2, -0.15) is 13.2 Å². The molecular weight excluding hydrogens is 491 g/mol. The van der Waals surface area contributed by atoms with Crippen molar-refractivity contribution in [3.63, 3.8) is 0 Å². The number of pyridine rings is 1. The molecule has 1 fully saturated rings. The molecule has 1 saturated heterocycles. The third kappa shape index (κ3) is 7.71. The highest BCUT2D eigenvalue weighted by Crippen LogP contribution is 2.33. The summed E-state index contributed by atoms with van der Waals surface area (Å²) in [5, 5.41) is 3.81. The SMILES string of the molecule is CCCC(CCCc1ccc(OC)cc1)NC1CCN(C(=O)CC2CCc3ncc(C(F)(F)F)cc3C2)C1. The average molecular weight is 532 g/mol. The molecule has 0 saturated carbocycles. The standard InChI is InChI=1S/C30H40F3N3O2/c1-3-5-25(7-4-6-21-8-11-27(38-2)12-9-21)35-26-14-15-36(20-26)29(37)17-22-10-13-28-23(16-22)18-24(19-34-28)30(31,32)33/h8-9,11-12,18-19,22,25-26,35H,3-7,10,13-17,20H2,1-2H3. The number of ether oxygens (including phenoxy) is 1. The van der Waals surface area contributed by atoms with Crippen molar-refractivity contribution in [3.05, 3.63) is 58.9 Å². The molecule has 5 nitrogen and oxygen atoms in total. The first-order valence-corrected chi connectivity index (χ1v) is 14.0. The van der Waals surface area contributed by atoms with Crippen molar-refractivity contribution in [2.24, 2.45) is 5.92 Å². The van der Waals surface area contributed by atoms with Gasteiger partial charge >= 0.3 is 6.18 Å². The van der Waals surface area contributed by atoms with Crippen LogP contribution in [0.5, 0.6) is 5.75 Å². The number of nitrogens with one attached hydrogen (secondary N) is 1. The number of nitrogens with zero attached hydrogens (tertiary/aromatic N) is 2. The summed E-state index contributed by atoms with van der Waals surface area (Å²) in [5.41, 5.74) is 1.99. The van der Waals surface area contributed by atoms with Crippen molar-refractivity contribution in [1.29, 1.82) is 0 Å². The molecule has 1 aromatic carbocycles. The Hall–Kier alpha value is -2.61. The Bertz CT molecular complexity index is 1060. The van der Waals surface area contributed by atoms with Crippen LogP contribution in [-0.4, -0.2) is 48.1 Å². The summed E-state index contributed by atoms with van der Waals surface area (Å²) in [4.78, 5) is 19.1. The molecule has 2 aromatic rings. The van der Waals surface area contributed by atoms with Crippen LogP contribution in [-0.2, 0) is 30.2 Å². The predicted octanol–water partition coefficient (Wildman–Crippen LogP) is 5.99. The van der Waals surface area contributed by atoms with E-state index < -0.39 is 11.7 Å². The molecule has 0 bridgehead atoms. The lowest BCUT2D eigenvalue weighted by Crippen LogP contribution is -2.41. The minimum absolute atomic E-state index is 0.0677. The van der Waals surface area contributed by atoms with Gasteiger partial charge in [-0.25, -0.2) is 0 Å². The molecule has 3 unspecified atom stereocenters. The quantitative estimate of drug-likeness (QED) is 0.387. The van der Waals surface area contributed by atoms with Gasteiger partial charge in [0.15, 0.2) is 0 Å². The Labute approximate surface area is 224 Å². The first kappa shape index (κ1) is 28.4. The molecule has 0 radical (unpaired) electrons. The Balaban J connectivity index is 1.23. The highest BCUT2D eigenvalue weighted by molar-refractivity contribution is 5.77. The highest BCUT2D eigenvalue weighted by atomic mass is 19.4. The van der Waals surface area contributed by atoms with Crippen LogP contribution in [0, 0.1) is 5.92 Å². The van der Waals surface area contributed by atoms with Crippen molar-refractivity contribution in [3.8, 4) is 5.75 Å². The Morgan fingerprint density at radius 3 is 2.71 bits per heavy atom. The fourth-order valence-electron chi connectivity index (χ4n) is 5.86. The van der Waals surface area contributed by atoms with Crippen molar-refractivity contribution in [1.82, 2.24) is 15.2 Å². The molecule has 8 heteroatoms. The maximum atomic E-state index is 13.1. The van der Waals surface area contributed by atoms with E-state index in [0.29, 0.717) is 43.5 Å². The molecule has 0 spiro atoms. The summed E-state index contributed by atoms with van der Waals surface area (Å²) in [6, 6.07) is 10.2. The van der Waals surface area contributed by atoms with E-state index in [2.05, 4.69) is 29.4 Å². The summed E-state index contributed by atoms with van der Waals surface area (Å²) in [6.45, 7) is 3.66. The van der Waals surface area contributed by atoms with Crippen molar-refractivity contribution < 1.29 is 22.7 Å². The lowest BCUT2D eigenvalue weighted by atomic mass is 9.84. The molecule has 1 N–H and O–H groups in total. The van der Waals surface area contributed by atoms with E-state index in [-0.39, 0.29) is 11.8 Å². The zero-order valence-electron chi connectivity index (χ0n) is 22.5. The Morgan fingerprint density at radius 2 is 2.00 bits per heavy atom. The number of fused-ring (bicyclic) bond motifs is 1. The topological polar surface area (TPSA) is 54.5 Å². The number of methoxy groups -OCH3 is 1. The van der Waals surface area contributed by atoms with Gasteiger partial charge in [-0.1, -0.05) is 25.5 Å². The van der Waals surface area contributed by atoms with Crippen molar-refractivity contribution in [2.75, 3.05) is 20.2 Å². The van der Waals surface area contributed by atoms with Crippen LogP contribution in [0.15, 0.2) is 36.5 Å². The van der Waals surface area contributed by atoms with Crippen LogP contribution in [0.3, 0.4) is 0 Å². The molecule has 4 rings (SSSR count). The number of aryl methyl sites for hydroxylation is 2. The summed E-state index contributed by atoms with van der Waals surface area (Å²) in [6.07, 6.45) is 5.23. The first-order valence-electron chi connectivity index (χ1n) is 14.0. The van der Waals surface area contributed by atoms with Gasteiger partial charge in [0.1, 0.15) is 5.75 Å². The van der Waals surface area contributed by atoms with Gasteiger partial charge < -0.3 is 15.0 Å². The largest absolute Gasteiger partial charge is 0.497 e. The molecule has 2 aliphatic rings. The summed E-state index contributed by atoms with van der Waals surface area (Å²) in [5.74, 6) is 1.06. The van der Waals surface area contributed by atoms with Crippen LogP contribution >= 0.6 is 0 Å². The van der Waals surface area contributed by atoms with E-state index in [1.54, 1.807) is 7.11 Å². The van der Waals surface area contributed by atoms with Crippen molar-refractivity contribution in [2.45, 2.75) is 89.4 Å². The fourth-order valence-corrected chi connectivity index (χ4v) is 5.86. The molecule has 208 valence electrons. The number of alkyl halides is 3. The number of carbonyl (C=O) groups is 1. The average Bonchev–Trinajstić information content (AvgIpc) is 3.37. The number of rotatable bonds is 11. The molecule has 2 heterocycles. The monoisotopic (exact) mass is 531 g/mol. The lowest BCUT2D eigenvalue weighted by Gasteiger charge is -2.27. The molecule has 1 aromatic heterocycles. The van der Waals surface area contributed by atoms with Gasteiger partial charge in [-0.3, -0.25) is 9.78 Å². The van der Waals surface area contributed by atoms with E-state index in [4.69, 9.17) is 4.74 Å². The Kier molecular flexibility index (Phi) is 9.69. The summed E-state index contributed by atoms with van der Waals surface area (Å²) in [7, 11) is 1.68. The van der Waals surface area contributed by atoms with Crippen LogP contribution in [0.2, 0.25) is 0 Å². The number of aromatic nitrogens is 1. The van der Waals surface area contributed by atoms with Gasteiger partial charge in [0, 0.05) is 43.5 Å². The minimum Gasteiger partial charge on any atom is -0.497 e. The van der Waals surface area contributed by atoms with E-state index in [1.807, 2.05) is 17.0 Å².